The standard InChI is InChI=1S/C28H23F2N5O/c1-17(36)33-20-10-18(23-8-6-19(29)12-24(23)30)11-22(13-20)35-16-32-26-14-21(7-9-28(26)35)34-15-31-25-4-2-3-5-27(25)34/h6-16H,2-5H2,1H3,(H,33,36). The van der Waals surface area contributed by atoms with E-state index in [1.165, 1.54) is 36.9 Å². The third kappa shape index (κ3) is 3.94. The number of rotatable bonds is 4. The van der Waals surface area contributed by atoms with Gasteiger partial charge in [-0.2, -0.15) is 0 Å². The van der Waals surface area contributed by atoms with Crippen LogP contribution >= 0.6 is 0 Å². The fourth-order valence-electron chi connectivity index (χ4n) is 4.95. The Kier molecular flexibility index (Phi) is 5.36. The number of aromatic nitrogens is 4. The first-order chi connectivity index (χ1) is 17.5. The summed E-state index contributed by atoms with van der Waals surface area (Å²) in [6.45, 7) is 1.41. The molecule has 3 aromatic carbocycles. The highest BCUT2D eigenvalue weighted by atomic mass is 19.1. The van der Waals surface area contributed by atoms with Gasteiger partial charge in [-0.05, 0) is 79.8 Å². The van der Waals surface area contributed by atoms with Crippen LogP contribution in [-0.2, 0) is 17.6 Å². The number of carbonyl (C=O) groups excluding carboxylic acids is 1. The predicted molar refractivity (Wildman–Crippen MR) is 134 cm³/mol. The minimum absolute atomic E-state index is 0.237. The molecule has 0 aliphatic heterocycles. The number of nitrogens with zero attached hydrogens (tertiary/aromatic N) is 4. The van der Waals surface area contributed by atoms with Crippen molar-refractivity contribution < 1.29 is 13.6 Å². The Morgan fingerprint density at radius 3 is 2.56 bits per heavy atom. The molecule has 0 spiro atoms. The van der Waals surface area contributed by atoms with E-state index in [0.29, 0.717) is 16.9 Å². The van der Waals surface area contributed by atoms with Gasteiger partial charge in [0.1, 0.15) is 18.0 Å². The van der Waals surface area contributed by atoms with Gasteiger partial charge in [0.15, 0.2) is 0 Å². The van der Waals surface area contributed by atoms with Crippen LogP contribution in [0.15, 0.2) is 67.3 Å². The largest absolute Gasteiger partial charge is 0.326 e. The molecule has 36 heavy (non-hydrogen) atoms. The van der Waals surface area contributed by atoms with Gasteiger partial charge < -0.3 is 9.88 Å². The Balaban J connectivity index is 1.45. The van der Waals surface area contributed by atoms with Gasteiger partial charge in [0.25, 0.3) is 0 Å². The second-order valence-electron chi connectivity index (χ2n) is 9.08. The number of aryl methyl sites for hydroxylation is 1. The monoisotopic (exact) mass is 483 g/mol. The average molecular weight is 484 g/mol. The molecular weight excluding hydrogens is 460 g/mol. The molecule has 0 fully saturated rings. The first-order valence-electron chi connectivity index (χ1n) is 11.9. The molecule has 0 atom stereocenters. The van der Waals surface area contributed by atoms with Crippen LogP contribution in [0.2, 0.25) is 0 Å². The second-order valence-corrected chi connectivity index (χ2v) is 9.08. The lowest BCUT2D eigenvalue weighted by Crippen LogP contribution is -2.07. The number of hydrogen-bond donors (Lipinski definition) is 1. The van der Waals surface area contributed by atoms with E-state index >= 15 is 0 Å². The SMILES string of the molecule is CC(=O)Nc1cc(-c2ccc(F)cc2F)cc(-n2cnc3cc(-n4cnc5c4CCCC5)ccc32)c1. The normalized spacial score (nSPS) is 13.1. The molecule has 0 radical (unpaired) electrons. The lowest BCUT2D eigenvalue weighted by atomic mass is 10.0. The summed E-state index contributed by atoms with van der Waals surface area (Å²) in [7, 11) is 0. The van der Waals surface area contributed by atoms with Crippen LogP contribution < -0.4 is 5.32 Å². The summed E-state index contributed by atoms with van der Waals surface area (Å²) in [6.07, 6.45) is 7.96. The van der Waals surface area contributed by atoms with E-state index in [2.05, 4.69) is 19.9 Å². The zero-order chi connectivity index (χ0) is 24.8. The first-order valence-corrected chi connectivity index (χ1v) is 11.9. The fourth-order valence-corrected chi connectivity index (χ4v) is 4.95. The Bertz CT molecular complexity index is 1630. The van der Waals surface area contributed by atoms with Crippen LogP contribution in [0.5, 0.6) is 0 Å². The lowest BCUT2D eigenvalue weighted by molar-refractivity contribution is -0.114. The molecule has 6 rings (SSSR count). The third-order valence-electron chi connectivity index (χ3n) is 6.60. The molecule has 0 bridgehead atoms. The van der Waals surface area contributed by atoms with Crippen molar-refractivity contribution in [2.75, 3.05) is 5.32 Å². The number of hydrogen-bond acceptors (Lipinski definition) is 3. The molecule has 1 aliphatic carbocycles. The van der Waals surface area contributed by atoms with Crippen molar-refractivity contribution in [2.24, 2.45) is 0 Å². The smallest absolute Gasteiger partial charge is 0.221 e. The highest BCUT2D eigenvalue weighted by molar-refractivity contribution is 5.90. The van der Waals surface area contributed by atoms with Crippen molar-refractivity contribution in [3.05, 3.63) is 90.3 Å². The highest BCUT2D eigenvalue weighted by Crippen LogP contribution is 2.31. The fraction of sp³-hybridized carbons (Fsp3) is 0.179. The summed E-state index contributed by atoms with van der Waals surface area (Å²) in [6, 6.07) is 14.8. The molecule has 0 saturated heterocycles. The maximum atomic E-state index is 14.6. The third-order valence-corrected chi connectivity index (χ3v) is 6.60. The van der Waals surface area contributed by atoms with Crippen LogP contribution in [0.25, 0.3) is 33.5 Å². The molecule has 1 aliphatic rings. The van der Waals surface area contributed by atoms with Gasteiger partial charge >= 0.3 is 0 Å². The number of anilines is 1. The van der Waals surface area contributed by atoms with Gasteiger partial charge in [-0.25, -0.2) is 18.7 Å². The quantitative estimate of drug-likeness (QED) is 0.341. The minimum atomic E-state index is -0.676. The molecule has 1 amide bonds. The van der Waals surface area contributed by atoms with Crippen molar-refractivity contribution in [1.29, 1.82) is 0 Å². The zero-order valence-corrected chi connectivity index (χ0v) is 19.6. The number of nitrogens with one attached hydrogen (secondary N) is 1. The molecule has 2 heterocycles. The van der Waals surface area contributed by atoms with Gasteiger partial charge in [0.05, 0.1) is 23.1 Å². The summed E-state index contributed by atoms with van der Waals surface area (Å²) in [4.78, 5) is 21.0. The van der Waals surface area contributed by atoms with Gasteiger partial charge in [0, 0.05) is 41.3 Å². The summed E-state index contributed by atoms with van der Waals surface area (Å²) in [5, 5.41) is 2.77. The molecule has 8 heteroatoms. The van der Waals surface area contributed by atoms with Gasteiger partial charge in [-0.1, -0.05) is 0 Å². The maximum Gasteiger partial charge on any atom is 0.221 e. The molecule has 180 valence electrons. The number of benzene rings is 3. The molecule has 0 unspecified atom stereocenters. The number of carbonyl (C=O) groups is 1. The Morgan fingerprint density at radius 2 is 1.72 bits per heavy atom. The van der Waals surface area contributed by atoms with E-state index in [9.17, 15) is 13.6 Å². The van der Waals surface area contributed by atoms with Crippen molar-refractivity contribution >= 4 is 22.6 Å². The van der Waals surface area contributed by atoms with Crippen LogP contribution in [0.1, 0.15) is 31.2 Å². The van der Waals surface area contributed by atoms with Gasteiger partial charge in [-0.3, -0.25) is 9.36 Å². The van der Waals surface area contributed by atoms with E-state index in [1.54, 1.807) is 24.5 Å². The predicted octanol–water partition coefficient (Wildman–Crippen LogP) is 5.99. The summed E-state index contributed by atoms with van der Waals surface area (Å²) in [5.41, 5.74) is 7.03. The molecule has 0 saturated carbocycles. The van der Waals surface area contributed by atoms with Crippen LogP contribution in [-0.4, -0.2) is 25.0 Å². The summed E-state index contributed by atoms with van der Waals surface area (Å²) < 4.78 is 32.1. The van der Waals surface area contributed by atoms with Crippen molar-refractivity contribution in [3.8, 4) is 22.5 Å². The summed E-state index contributed by atoms with van der Waals surface area (Å²) in [5.74, 6) is -1.57. The van der Waals surface area contributed by atoms with E-state index in [1.807, 2.05) is 29.1 Å². The van der Waals surface area contributed by atoms with E-state index in [-0.39, 0.29) is 11.5 Å². The second kappa shape index (κ2) is 8.71. The Hall–Kier alpha value is -4.33. The summed E-state index contributed by atoms with van der Waals surface area (Å²) >= 11 is 0. The lowest BCUT2D eigenvalue weighted by Gasteiger charge is -2.14. The first kappa shape index (κ1) is 22.2. The van der Waals surface area contributed by atoms with E-state index in [4.69, 9.17) is 0 Å². The van der Waals surface area contributed by atoms with Crippen molar-refractivity contribution in [2.45, 2.75) is 32.6 Å². The van der Waals surface area contributed by atoms with E-state index in [0.717, 1.165) is 42.0 Å². The molecular formula is C28H23F2N5O. The van der Waals surface area contributed by atoms with Crippen LogP contribution in [0, 0.1) is 11.6 Å². The number of amides is 1. The van der Waals surface area contributed by atoms with Crippen molar-refractivity contribution in [1.82, 2.24) is 19.1 Å². The Morgan fingerprint density at radius 1 is 0.889 bits per heavy atom. The zero-order valence-electron chi connectivity index (χ0n) is 19.6. The number of imidazole rings is 2. The molecule has 2 aromatic heterocycles. The number of fused-ring (bicyclic) bond motifs is 2. The molecule has 1 N–H and O–H groups in total. The van der Waals surface area contributed by atoms with Gasteiger partial charge in [-0.15, -0.1) is 0 Å². The topological polar surface area (TPSA) is 64.7 Å². The van der Waals surface area contributed by atoms with E-state index < -0.39 is 11.6 Å². The van der Waals surface area contributed by atoms with Crippen LogP contribution in [0.4, 0.5) is 14.5 Å². The maximum absolute atomic E-state index is 14.6. The highest BCUT2D eigenvalue weighted by Gasteiger charge is 2.17. The Labute approximate surface area is 206 Å². The molecule has 6 nitrogen and oxygen atoms in total. The van der Waals surface area contributed by atoms with Gasteiger partial charge in [0.2, 0.25) is 5.91 Å². The molecule has 5 aromatic rings. The average Bonchev–Trinajstić information content (AvgIpc) is 3.47. The number of halogens is 2. The van der Waals surface area contributed by atoms with Crippen LogP contribution in [0.3, 0.4) is 0 Å². The van der Waals surface area contributed by atoms with Crippen molar-refractivity contribution in [3.63, 3.8) is 0 Å². The minimum Gasteiger partial charge on any atom is -0.326 e.